The largest absolute Gasteiger partial charge is 1.00 e. The van der Waals surface area contributed by atoms with Crippen LogP contribution >= 0.6 is 0 Å². The van der Waals surface area contributed by atoms with Crippen molar-refractivity contribution in [3.8, 4) is 0 Å². The zero-order chi connectivity index (χ0) is 21.8. The van der Waals surface area contributed by atoms with Crippen LogP contribution in [0.3, 0.4) is 0 Å². The molecule has 4 saturated carbocycles. The average molecular weight is 459 g/mol. The molecule has 30 heavy (non-hydrogen) atoms. The normalized spacial score (nSPS) is 48.7. The fourth-order valence-electron chi connectivity index (χ4n) is 8.16. The third kappa shape index (κ3) is 5.12. The Bertz CT molecular complexity index is 700. The second-order valence-electron chi connectivity index (χ2n) is 10.6. The predicted octanol–water partition coefficient (Wildman–Crippen LogP) is -0.178. The van der Waals surface area contributed by atoms with Crippen molar-refractivity contribution in [1.82, 2.24) is 0 Å². The second-order valence-corrected chi connectivity index (χ2v) is 11.5. The topological polar surface area (TPSA) is 135 Å². The summed E-state index contributed by atoms with van der Waals surface area (Å²) in [5.41, 5.74) is 0.490. The van der Waals surface area contributed by atoms with Crippen molar-refractivity contribution >= 4 is 10.4 Å². The molecule has 5 N–H and O–H groups in total. The molecule has 7 nitrogen and oxygen atoms in total. The van der Waals surface area contributed by atoms with Crippen LogP contribution in [0, 0.1) is 40.4 Å². The fourth-order valence-corrected chi connectivity index (χ4v) is 8.16. The van der Waals surface area contributed by atoms with Gasteiger partial charge < -0.3 is 16.7 Å². The van der Waals surface area contributed by atoms with Crippen molar-refractivity contribution in [3.63, 3.8) is 0 Å². The van der Waals surface area contributed by atoms with E-state index in [0.29, 0.717) is 23.2 Å². The van der Waals surface area contributed by atoms with Gasteiger partial charge in [-0.05, 0) is 92.8 Å². The number of hydrogen-bond donors (Lipinski definition) is 5. The van der Waals surface area contributed by atoms with Crippen LogP contribution in [0.2, 0.25) is 0 Å². The smallest absolute Gasteiger partial charge is 1.00 e. The first-order valence-corrected chi connectivity index (χ1v) is 12.4. The third-order valence-electron chi connectivity index (χ3n) is 9.27. The van der Waals surface area contributed by atoms with Gasteiger partial charge >= 0.3 is 40.0 Å². The molecular formula is C21H39NaO7S. The number of aliphatic hydroxyl groups excluding tert-OH is 3. The number of hydrogen-bond acceptors (Lipinski definition) is 5. The SMILES string of the molecule is CC(O)[C@H]1C(O)C[C@H]2[C@@H]3CCC4CC(O)CC[C@]4(C)[C@H]3CC[C@]12C.O=S(=O)(O)O.[H-].[Na+]. The summed E-state index contributed by atoms with van der Waals surface area (Å²) in [5, 5.41) is 31.1. The molecule has 10 atom stereocenters. The van der Waals surface area contributed by atoms with E-state index in [1.54, 1.807) is 0 Å². The van der Waals surface area contributed by atoms with Gasteiger partial charge in [0.25, 0.3) is 0 Å². The summed E-state index contributed by atoms with van der Waals surface area (Å²) in [6, 6.07) is 0. The predicted molar refractivity (Wildman–Crippen MR) is 110 cm³/mol. The van der Waals surface area contributed by atoms with E-state index in [-0.39, 0.29) is 54.5 Å². The summed E-state index contributed by atoms with van der Waals surface area (Å²) in [4.78, 5) is 0. The van der Waals surface area contributed by atoms with E-state index >= 15 is 0 Å². The fraction of sp³-hybridized carbons (Fsp3) is 1.00. The Kier molecular flexibility index (Phi) is 8.59. The molecular weight excluding hydrogens is 419 g/mol. The van der Waals surface area contributed by atoms with E-state index in [1.165, 1.54) is 25.7 Å². The van der Waals surface area contributed by atoms with Gasteiger partial charge in [-0.15, -0.1) is 0 Å². The van der Waals surface area contributed by atoms with Crippen molar-refractivity contribution < 1.29 is 63.8 Å². The quantitative estimate of drug-likeness (QED) is 0.272. The van der Waals surface area contributed by atoms with Crippen LogP contribution in [0.1, 0.15) is 73.6 Å². The van der Waals surface area contributed by atoms with Crippen LogP contribution < -0.4 is 29.6 Å². The molecule has 4 rings (SSSR count). The first-order chi connectivity index (χ1) is 13.3. The summed E-state index contributed by atoms with van der Waals surface area (Å²) in [7, 11) is -4.67. The number of rotatable bonds is 1. The molecule has 0 heterocycles. The molecule has 0 amide bonds. The van der Waals surface area contributed by atoms with E-state index in [4.69, 9.17) is 17.5 Å². The Morgan fingerprint density at radius 1 is 0.933 bits per heavy atom. The summed E-state index contributed by atoms with van der Waals surface area (Å²) < 4.78 is 31.6. The van der Waals surface area contributed by atoms with Gasteiger partial charge in [0.15, 0.2) is 0 Å². The van der Waals surface area contributed by atoms with Crippen molar-refractivity contribution in [2.45, 2.75) is 90.4 Å². The van der Waals surface area contributed by atoms with Gasteiger partial charge in [-0.3, -0.25) is 9.11 Å². The van der Waals surface area contributed by atoms with Crippen LogP contribution in [-0.2, 0) is 10.4 Å². The van der Waals surface area contributed by atoms with E-state index < -0.39 is 16.5 Å². The van der Waals surface area contributed by atoms with Crippen LogP contribution in [-0.4, -0.2) is 51.2 Å². The average Bonchev–Trinajstić information content (AvgIpc) is 2.84. The van der Waals surface area contributed by atoms with Crippen molar-refractivity contribution in [2.75, 3.05) is 0 Å². The maximum atomic E-state index is 10.7. The zero-order valence-corrected chi connectivity index (χ0v) is 21.6. The monoisotopic (exact) mass is 458 g/mol. The molecule has 0 aromatic heterocycles. The first kappa shape index (κ1) is 27.0. The molecule has 0 aromatic rings. The van der Waals surface area contributed by atoms with Crippen LogP contribution in [0.4, 0.5) is 0 Å². The maximum Gasteiger partial charge on any atom is 1.00 e. The van der Waals surface area contributed by atoms with Gasteiger partial charge in [-0.1, -0.05) is 13.8 Å². The molecule has 4 unspecified atom stereocenters. The minimum Gasteiger partial charge on any atom is -1.00 e. The first-order valence-electron chi connectivity index (χ1n) is 11.0. The standard InChI is InChI=1S/C21H36O3.Na.H2O4S.H/c1-12(22)19-18(24)11-17-15-5-4-13-10-14(23)6-8-20(13,2)16(15)7-9-21(17,19)3;;1-5(2,3)4;/h12-19,22-24H,4-11H2,1-3H3;;(H2,1,2,3,4);/q;+1;;-1/t12?,13?,14?,15-,16+,17+,18?,19+,20+,21+;;;/m1.../s1. The molecule has 172 valence electrons. The summed E-state index contributed by atoms with van der Waals surface area (Å²) in [6.45, 7) is 6.72. The number of aliphatic hydroxyl groups is 3. The van der Waals surface area contributed by atoms with Gasteiger partial charge in [-0.25, -0.2) is 0 Å². The molecule has 0 aromatic carbocycles. The van der Waals surface area contributed by atoms with E-state index in [1.807, 2.05) is 6.92 Å². The molecule has 4 aliphatic carbocycles. The summed E-state index contributed by atoms with van der Waals surface area (Å²) >= 11 is 0. The second kappa shape index (κ2) is 9.55. The molecule has 4 aliphatic rings. The van der Waals surface area contributed by atoms with Crippen LogP contribution in [0.15, 0.2) is 0 Å². The minimum absolute atomic E-state index is 0. The van der Waals surface area contributed by atoms with E-state index in [0.717, 1.165) is 31.6 Å². The molecule has 0 saturated heterocycles. The van der Waals surface area contributed by atoms with Crippen molar-refractivity contribution in [2.24, 2.45) is 40.4 Å². The van der Waals surface area contributed by atoms with Crippen LogP contribution in [0.5, 0.6) is 0 Å². The Hall–Kier alpha value is 0.750. The maximum absolute atomic E-state index is 10.7. The summed E-state index contributed by atoms with van der Waals surface area (Å²) in [6.07, 6.45) is 8.10. The van der Waals surface area contributed by atoms with Gasteiger partial charge in [0.05, 0.1) is 18.3 Å². The Morgan fingerprint density at radius 3 is 2.07 bits per heavy atom. The summed E-state index contributed by atoms with van der Waals surface area (Å²) in [5.74, 6) is 2.75. The molecule has 4 fully saturated rings. The van der Waals surface area contributed by atoms with Gasteiger partial charge in [0.2, 0.25) is 0 Å². The molecule has 0 aliphatic heterocycles. The molecule has 0 radical (unpaired) electrons. The number of fused-ring (bicyclic) bond motifs is 5. The molecule has 0 spiro atoms. The van der Waals surface area contributed by atoms with Gasteiger partial charge in [0.1, 0.15) is 0 Å². The van der Waals surface area contributed by atoms with E-state index in [2.05, 4.69) is 13.8 Å². The van der Waals surface area contributed by atoms with Gasteiger partial charge in [-0.2, -0.15) is 8.42 Å². The van der Waals surface area contributed by atoms with E-state index in [9.17, 15) is 15.3 Å². The van der Waals surface area contributed by atoms with Crippen LogP contribution in [0.25, 0.3) is 0 Å². The zero-order valence-electron chi connectivity index (χ0n) is 19.7. The van der Waals surface area contributed by atoms with Gasteiger partial charge in [0, 0.05) is 5.92 Å². The Labute approximate surface area is 204 Å². The Morgan fingerprint density at radius 2 is 1.50 bits per heavy atom. The van der Waals surface area contributed by atoms with Crippen molar-refractivity contribution in [1.29, 1.82) is 0 Å². The molecule has 9 heteroatoms. The minimum atomic E-state index is -4.67. The van der Waals surface area contributed by atoms with Crippen molar-refractivity contribution in [3.05, 3.63) is 0 Å². The third-order valence-corrected chi connectivity index (χ3v) is 9.27. The Balaban J connectivity index is 0.000000622. The molecule has 0 bridgehead atoms.